The summed E-state index contributed by atoms with van der Waals surface area (Å²) in [4.78, 5) is 16.7. The van der Waals surface area contributed by atoms with Crippen LogP contribution in [0.15, 0.2) is 23.7 Å². The van der Waals surface area contributed by atoms with Crippen LogP contribution in [0.25, 0.3) is 0 Å². The number of aryl methyl sites for hydroxylation is 1. The molecule has 0 spiro atoms. The lowest BCUT2D eigenvalue weighted by Gasteiger charge is -2.10. The number of methoxy groups -OCH3 is 2. The molecule has 0 fully saturated rings. The predicted molar refractivity (Wildman–Crippen MR) is 82.4 cm³/mol. The van der Waals surface area contributed by atoms with E-state index in [1.54, 1.807) is 19.7 Å². The zero-order chi connectivity index (χ0) is 15.2. The molecule has 1 heterocycles. The summed E-state index contributed by atoms with van der Waals surface area (Å²) in [5.41, 5.74) is 3.52. The van der Waals surface area contributed by atoms with Crippen LogP contribution in [0.2, 0.25) is 0 Å². The summed E-state index contributed by atoms with van der Waals surface area (Å²) < 4.78 is 10.5. The summed E-state index contributed by atoms with van der Waals surface area (Å²) in [6, 6.07) is 5.75. The molecule has 1 aromatic carbocycles. The fourth-order valence-electron chi connectivity index (χ4n) is 1.96. The van der Waals surface area contributed by atoms with E-state index in [0.717, 1.165) is 17.7 Å². The zero-order valence-corrected chi connectivity index (χ0v) is 13.1. The van der Waals surface area contributed by atoms with Gasteiger partial charge in [-0.15, -0.1) is 11.3 Å². The number of benzene rings is 1. The normalized spacial score (nSPS) is 10.2. The highest BCUT2D eigenvalue weighted by Crippen LogP contribution is 2.27. The van der Waals surface area contributed by atoms with E-state index in [9.17, 15) is 4.79 Å². The molecule has 2 rings (SSSR count). The van der Waals surface area contributed by atoms with Gasteiger partial charge in [-0.2, -0.15) is 0 Å². The van der Waals surface area contributed by atoms with Gasteiger partial charge in [-0.05, 0) is 31.0 Å². The molecule has 5 nitrogen and oxygen atoms in total. The van der Waals surface area contributed by atoms with Gasteiger partial charge >= 0.3 is 0 Å². The number of nitrogens with one attached hydrogen (secondary N) is 1. The molecule has 0 atom stereocenters. The Balaban J connectivity index is 1.92. The number of hydrogen-bond donors (Lipinski definition) is 1. The lowest BCUT2D eigenvalue weighted by Crippen LogP contribution is -2.25. The minimum absolute atomic E-state index is 0.0736. The Kier molecular flexibility index (Phi) is 5.16. The highest BCUT2D eigenvalue weighted by atomic mass is 32.1. The van der Waals surface area contributed by atoms with Crippen molar-refractivity contribution in [2.75, 3.05) is 20.8 Å². The molecule has 21 heavy (non-hydrogen) atoms. The highest BCUT2D eigenvalue weighted by Gasteiger charge is 2.11. The maximum Gasteiger partial charge on any atom is 0.263 e. The van der Waals surface area contributed by atoms with Crippen LogP contribution in [0, 0.1) is 6.92 Å². The Morgan fingerprint density at radius 1 is 1.29 bits per heavy atom. The van der Waals surface area contributed by atoms with Gasteiger partial charge in [-0.3, -0.25) is 4.79 Å². The number of hydrogen-bond acceptors (Lipinski definition) is 5. The Morgan fingerprint density at radius 3 is 2.67 bits per heavy atom. The fraction of sp³-hybridized carbons (Fsp3) is 0.333. The fourth-order valence-corrected chi connectivity index (χ4v) is 2.68. The van der Waals surface area contributed by atoms with Gasteiger partial charge in [-0.25, -0.2) is 4.98 Å². The third-order valence-electron chi connectivity index (χ3n) is 3.10. The quantitative estimate of drug-likeness (QED) is 0.890. The largest absolute Gasteiger partial charge is 0.493 e. The zero-order valence-electron chi connectivity index (χ0n) is 12.3. The maximum atomic E-state index is 12.0. The number of aromatic nitrogens is 1. The van der Waals surface area contributed by atoms with Crippen molar-refractivity contribution >= 4 is 17.2 Å². The summed E-state index contributed by atoms with van der Waals surface area (Å²) in [5.74, 6) is 1.32. The van der Waals surface area contributed by atoms with E-state index in [2.05, 4.69) is 10.3 Å². The first-order valence-electron chi connectivity index (χ1n) is 6.55. The van der Waals surface area contributed by atoms with Gasteiger partial charge in [-0.1, -0.05) is 6.07 Å². The Hall–Kier alpha value is -2.08. The Bertz CT molecular complexity index is 625. The summed E-state index contributed by atoms with van der Waals surface area (Å²) in [6.45, 7) is 2.39. The van der Waals surface area contributed by atoms with Crippen LogP contribution in [0.3, 0.4) is 0 Å². The maximum absolute atomic E-state index is 12.0. The number of ether oxygens (including phenoxy) is 2. The van der Waals surface area contributed by atoms with Gasteiger partial charge in [0.2, 0.25) is 0 Å². The number of rotatable bonds is 6. The second kappa shape index (κ2) is 7.08. The van der Waals surface area contributed by atoms with Gasteiger partial charge < -0.3 is 14.8 Å². The first-order valence-corrected chi connectivity index (χ1v) is 7.43. The lowest BCUT2D eigenvalue weighted by atomic mass is 10.1. The third kappa shape index (κ3) is 3.72. The third-order valence-corrected chi connectivity index (χ3v) is 4.03. The average molecular weight is 306 g/mol. The van der Waals surface area contributed by atoms with Crippen molar-refractivity contribution in [2.45, 2.75) is 13.3 Å². The van der Waals surface area contributed by atoms with E-state index in [1.807, 2.05) is 25.1 Å². The molecular weight excluding hydrogens is 288 g/mol. The molecule has 1 amide bonds. The molecule has 6 heteroatoms. The molecule has 2 aromatic rings. The summed E-state index contributed by atoms with van der Waals surface area (Å²) in [5, 5.41) is 2.90. The second-order valence-corrected chi connectivity index (χ2v) is 5.32. The van der Waals surface area contributed by atoms with E-state index in [0.29, 0.717) is 22.9 Å². The van der Waals surface area contributed by atoms with Crippen LogP contribution < -0.4 is 14.8 Å². The molecule has 1 N–H and O–H groups in total. The van der Waals surface area contributed by atoms with Crippen LogP contribution >= 0.6 is 11.3 Å². The molecule has 0 radical (unpaired) electrons. The topological polar surface area (TPSA) is 60.5 Å². The number of nitrogens with zero attached hydrogens (tertiary/aromatic N) is 1. The molecule has 0 saturated heterocycles. The molecule has 0 aliphatic heterocycles. The number of carbonyl (C=O) groups excluding carboxylic acids is 1. The summed E-state index contributed by atoms with van der Waals surface area (Å²) >= 11 is 1.36. The Labute approximate surface area is 127 Å². The van der Waals surface area contributed by atoms with Crippen molar-refractivity contribution in [1.29, 1.82) is 0 Å². The number of amides is 1. The first-order chi connectivity index (χ1) is 10.2. The van der Waals surface area contributed by atoms with Gasteiger partial charge in [0.1, 0.15) is 4.88 Å². The molecule has 0 unspecified atom stereocenters. The van der Waals surface area contributed by atoms with Crippen molar-refractivity contribution in [3.05, 3.63) is 39.8 Å². The number of thiazole rings is 1. The van der Waals surface area contributed by atoms with E-state index < -0.39 is 0 Å². The predicted octanol–water partition coefficient (Wildman–Crippen LogP) is 2.44. The summed E-state index contributed by atoms with van der Waals surface area (Å²) in [6.07, 6.45) is 0.726. The van der Waals surface area contributed by atoms with Crippen LogP contribution in [-0.2, 0) is 6.42 Å². The van der Waals surface area contributed by atoms with Crippen LogP contribution in [0.1, 0.15) is 20.9 Å². The Morgan fingerprint density at radius 2 is 2.05 bits per heavy atom. The van der Waals surface area contributed by atoms with Gasteiger partial charge in [0.25, 0.3) is 5.91 Å². The first kappa shape index (κ1) is 15.3. The molecule has 0 aliphatic rings. The van der Waals surface area contributed by atoms with Crippen molar-refractivity contribution < 1.29 is 14.3 Å². The minimum Gasteiger partial charge on any atom is -0.493 e. The number of carbonyl (C=O) groups is 1. The minimum atomic E-state index is -0.0736. The SMILES string of the molecule is COc1ccc(CCNC(=O)c2scnc2C)cc1OC. The highest BCUT2D eigenvalue weighted by molar-refractivity contribution is 7.11. The van der Waals surface area contributed by atoms with E-state index >= 15 is 0 Å². The van der Waals surface area contributed by atoms with E-state index in [1.165, 1.54) is 11.3 Å². The van der Waals surface area contributed by atoms with Crippen molar-refractivity contribution in [3.8, 4) is 11.5 Å². The molecule has 0 bridgehead atoms. The van der Waals surface area contributed by atoms with E-state index in [4.69, 9.17) is 9.47 Å². The molecule has 1 aromatic heterocycles. The average Bonchev–Trinajstić information content (AvgIpc) is 2.93. The van der Waals surface area contributed by atoms with Gasteiger partial charge in [0, 0.05) is 6.54 Å². The molecule has 0 aliphatic carbocycles. The van der Waals surface area contributed by atoms with Crippen molar-refractivity contribution in [1.82, 2.24) is 10.3 Å². The van der Waals surface area contributed by atoms with Gasteiger partial charge in [0.05, 0.1) is 25.4 Å². The summed E-state index contributed by atoms with van der Waals surface area (Å²) in [7, 11) is 3.21. The van der Waals surface area contributed by atoms with Crippen LogP contribution in [0.4, 0.5) is 0 Å². The molecular formula is C15H18N2O3S. The molecule has 112 valence electrons. The standard InChI is InChI=1S/C15H18N2O3S/c1-10-14(21-9-17-10)15(18)16-7-6-11-4-5-12(19-2)13(8-11)20-3/h4-5,8-9H,6-7H2,1-3H3,(H,16,18). The monoisotopic (exact) mass is 306 g/mol. The van der Waals surface area contributed by atoms with Crippen molar-refractivity contribution in [2.24, 2.45) is 0 Å². The molecule has 0 saturated carbocycles. The lowest BCUT2D eigenvalue weighted by molar-refractivity contribution is 0.0957. The second-order valence-electron chi connectivity index (χ2n) is 4.46. The smallest absolute Gasteiger partial charge is 0.263 e. The van der Waals surface area contributed by atoms with Crippen molar-refractivity contribution in [3.63, 3.8) is 0 Å². The van der Waals surface area contributed by atoms with Gasteiger partial charge in [0.15, 0.2) is 11.5 Å². The van der Waals surface area contributed by atoms with Crippen LogP contribution in [0.5, 0.6) is 11.5 Å². The van der Waals surface area contributed by atoms with E-state index in [-0.39, 0.29) is 5.91 Å². The van der Waals surface area contributed by atoms with Crippen LogP contribution in [-0.4, -0.2) is 31.7 Å².